The third-order valence-electron chi connectivity index (χ3n) is 3.99. The fraction of sp³-hybridized carbons (Fsp3) is 0.238. The number of rotatable bonds is 7. The van der Waals surface area contributed by atoms with Crippen LogP contribution in [0.3, 0.4) is 0 Å². The molecule has 0 saturated heterocycles. The topological polar surface area (TPSA) is 51.2 Å². The van der Waals surface area contributed by atoms with E-state index in [0.717, 1.165) is 33.2 Å². The molecule has 0 atom stereocenters. The molecule has 0 fully saturated rings. The molecule has 0 unspecified atom stereocenters. The second kappa shape index (κ2) is 9.02. The molecule has 140 valence electrons. The first kappa shape index (κ1) is 19.4. The summed E-state index contributed by atoms with van der Waals surface area (Å²) >= 11 is 7.37. The number of hydrogen-bond acceptors (Lipinski definition) is 4. The van der Waals surface area contributed by atoms with Gasteiger partial charge in [0.1, 0.15) is 5.75 Å². The van der Waals surface area contributed by atoms with Crippen molar-refractivity contribution in [1.82, 2.24) is 4.98 Å². The maximum absolute atomic E-state index is 12.2. The lowest BCUT2D eigenvalue weighted by Gasteiger charge is -2.13. The number of para-hydroxylation sites is 1. The molecule has 1 amide bonds. The predicted octanol–water partition coefficient (Wildman–Crippen LogP) is 5.53. The maximum atomic E-state index is 12.2. The lowest BCUT2D eigenvalue weighted by molar-refractivity contribution is -0.118. The van der Waals surface area contributed by atoms with Crippen molar-refractivity contribution in [2.75, 3.05) is 11.9 Å². The van der Waals surface area contributed by atoms with E-state index in [4.69, 9.17) is 16.3 Å². The van der Waals surface area contributed by atoms with Crippen LogP contribution in [0.25, 0.3) is 0 Å². The van der Waals surface area contributed by atoms with Crippen LogP contribution in [-0.4, -0.2) is 17.5 Å². The van der Waals surface area contributed by atoms with E-state index in [-0.39, 0.29) is 12.5 Å². The standard InChI is InChI=1S/C21H21ClN2O2S/c1-14(2)18-5-3-4-6-19(18)26-13-20(25)24-21-23-12-17(27-21)11-15-7-9-16(22)10-8-15/h3-10,12,14H,11,13H2,1-2H3,(H,23,24,25). The summed E-state index contributed by atoms with van der Waals surface area (Å²) in [6.07, 6.45) is 2.53. The van der Waals surface area contributed by atoms with Gasteiger partial charge < -0.3 is 4.74 Å². The minimum Gasteiger partial charge on any atom is -0.483 e. The molecule has 0 spiro atoms. The molecular weight excluding hydrogens is 380 g/mol. The van der Waals surface area contributed by atoms with Crippen molar-refractivity contribution in [2.24, 2.45) is 0 Å². The highest BCUT2D eigenvalue weighted by atomic mass is 35.5. The Morgan fingerprint density at radius 2 is 1.93 bits per heavy atom. The first-order valence-corrected chi connectivity index (χ1v) is 9.91. The zero-order valence-electron chi connectivity index (χ0n) is 15.2. The van der Waals surface area contributed by atoms with Crippen molar-refractivity contribution in [3.05, 3.63) is 75.8 Å². The summed E-state index contributed by atoms with van der Waals surface area (Å²) in [5.74, 6) is 0.852. The summed E-state index contributed by atoms with van der Waals surface area (Å²) in [7, 11) is 0. The van der Waals surface area contributed by atoms with Gasteiger partial charge in [0, 0.05) is 22.5 Å². The summed E-state index contributed by atoms with van der Waals surface area (Å²) in [6.45, 7) is 4.15. The molecule has 2 aromatic carbocycles. The van der Waals surface area contributed by atoms with Crippen LogP contribution in [0, 0.1) is 0 Å². The van der Waals surface area contributed by atoms with E-state index in [1.165, 1.54) is 11.3 Å². The number of hydrogen-bond donors (Lipinski definition) is 1. The van der Waals surface area contributed by atoms with E-state index >= 15 is 0 Å². The SMILES string of the molecule is CC(C)c1ccccc1OCC(=O)Nc1ncc(Cc2ccc(Cl)cc2)s1. The van der Waals surface area contributed by atoms with Crippen molar-refractivity contribution in [1.29, 1.82) is 0 Å². The zero-order chi connectivity index (χ0) is 19.2. The Hall–Kier alpha value is -2.37. The van der Waals surface area contributed by atoms with Gasteiger partial charge in [0.25, 0.3) is 5.91 Å². The lowest BCUT2D eigenvalue weighted by Crippen LogP contribution is -2.20. The van der Waals surface area contributed by atoms with E-state index in [1.54, 1.807) is 6.20 Å². The minimum absolute atomic E-state index is 0.0458. The van der Waals surface area contributed by atoms with Crippen LogP contribution in [0.2, 0.25) is 5.02 Å². The van der Waals surface area contributed by atoms with Crippen LogP contribution in [0.1, 0.15) is 35.8 Å². The fourth-order valence-corrected chi connectivity index (χ4v) is 3.63. The fourth-order valence-electron chi connectivity index (χ4n) is 2.64. The highest BCUT2D eigenvalue weighted by molar-refractivity contribution is 7.15. The van der Waals surface area contributed by atoms with Gasteiger partial charge in [0.2, 0.25) is 0 Å². The first-order chi connectivity index (χ1) is 13.0. The van der Waals surface area contributed by atoms with E-state index in [2.05, 4.69) is 24.1 Å². The monoisotopic (exact) mass is 400 g/mol. The van der Waals surface area contributed by atoms with Gasteiger partial charge in [-0.15, -0.1) is 11.3 Å². The molecule has 4 nitrogen and oxygen atoms in total. The number of amides is 1. The highest BCUT2D eigenvalue weighted by Crippen LogP contribution is 2.26. The number of anilines is 1. The molecule has 0 aliphatic heterocycles. The summed E-state index contributed by atoms with van der Waals surface area (Å²) in [6, 6.07) is 15.5. The van der Waals surface area contributed by atoms with E-state index in [1.807, 2.05) is 48.5 Å². The molecule has 27 heavy (non-hydrogen) atoms. The quantitative estimate of drug-likeness (QED) is 0.567. The Bertz CT molecular complexity index is 907. The summed E-state index contributed by atoms with van der Waals surface area (Å²) in [5.41, 5.74) is 2.24. The van der Waals surface area contributed by atoms with Gasteiger partial charge in [-0.05, 0) is 35.2 Å². The molecule has 3 aromatic rings. The molecule has 0 radical (unpaired) electrons. The Morgan fingerprint density at radius 1 is 1.19 bits per heavy atom. The van der Waals surface area contributed by atoms with Crippen molar-refractivity contribution < 1.29 is 9.53 Å². The molecule has 3 rings (SSSR count). The normalized spacial score (nSPS) is 10.8. The Labute approximate surface area is 168 Å². The molecular formula is C21H21ClN2O2S. The highest BCUT2D eigenvalue weighted by Gasteiger charge is 2.11. The van der Waals surface area contributed by atoms with Crippen molar-refractivity contribution in [3.8, 4) is 5.75 Å². The average molecular weight is 401 g/mol. The van der Waals surface area contributed by atoms with E-state index in [0.29, 0.717) is 11.0 Å². The van der Waals surface area contributed by atoms with Crippen LogP contribution < -0.4 is 10.1 Å². The van der Waals surface area contributed by atoms with E-state index < -0.39 is 0 Å². The molecule has 1 N–H and O–H groups in total. The van der Waals surface area contributed by atoms with Crippen molar-refractivity contribution in [3.63, 3.8) is 0 Å². The van der Waals surface area contributed by atoms with Gasteiger partial charge >= 0.3 is 0 Å². The third-order valence-corrected chi connectivity index (χ3v) is 5.16. The molecule has 1 aromatic heterocycles. The number of aromatic nitrogens is 1. The van der Waals surface area contributed by atoms with Crippen LogP contribution in [-0.2, 0) is 11.2 Å². The summed E-state index contributed by atoms with van der Waals surface area (Å²) in [4.78, 5) is 17.5. The number of nitrogens with one attached hydrogen (secondary N) is 1. The number of nitrogens with zero attached hydrogens (tertiary/aromatic N) is 1. The minimum atomic E-state index is -0.221. The molecule has 6 heteroatoms. The number of carbonyl (C=O) groups is 1. The Morgan fingerprint density at radius 3 is 2.67 bits per heavy atom. The molecule has 0 bridgehead atoms. The van der Waals surface area contributed by atoms with Gasteiger partial charge in [0.15, 0.2) is 11.7 Å². The molecule has 1 heterocycles. The Kier molecular flexibility index (Phi) is 6.48. The number of thiazole rings is 1. The smallest absolute Gasteiger partial charge is 0.264 e. The average Bonchev–Trinajstić information content (AvgIpc) is 3.09. The van der Waals surface area contributed by atoms with Crippen LogP contribution in [0.4, 0.5) is 5.13 Å². The molecule has 0 aliphatic carbocycles. The number of halogens is 1. The molecule has 0 aliphatic rings. The first-order valence-electron chi connectivity index (χ1n) is 8.72. The second-order valence-corrected chi connectivity index (χ2v) is 8.02. The zero-order valence-corrected chi connectivity index (χ0v) is 16.8. The largest absolute Gasteiger partial charge is 0.483 e. The van der Waals surface area contributed by atoms with Crippen LogP contribution in [0.15, 0.2) is 54.7 Å². The van der Waals surface area contributed by atoms with Crippen molar-refractivity contribution >= 4 is 34.0 Å². The van der Waals surface area contributed by atoms with Gasteiger partial charge in [-0.3, -0.25) is 10.1 Å². The summed E-state index contributed by atoms with van der Waals surface area (Å²) < 4.78 is 5.70. The maximum Gasteiger partial charge on any atom is 0.264 e. The lowest BCUT2D eigenvalue weighted by atomic mass is 10.0. The Balaban J connectivity index is 1.54. The molecule has 0 saturated carbocycles. The van der Waals surface area contributed by atoms with Crippen molar-refractivity contribution in [2.45, 2.75) is 26.2 Å². The van der Waals surface area contributed by atoms with Gasteiger partial charge in [0.05, 0.1) is 0 Å². The van der Waals surface area contributed by atoms with E-state index in [9.17, 15) is 4.79 Å². The second-order valence-electron chi connectivity index (χ2n) is 6.46. The predicted molar refractivity (Wildman–Crippen MR) is 111 cm³/mol. The van der Waals surface area contributed by atoms with Gasteiger partial charge in [-0.1, -0.05) is 55.8 Å². The number of benzene rings is 2. The number of carbonyl (C=O) groups excluding carboxylic acids is 1. The van der Waals surface area contributed by atoms with Crippen LogP contribution >= 0.6 is 22.9 Å². The van der Waals surface area contributed by atoms with Crippen LogP contribution in [0.5, 0.6) is 5.75 Å². The number of ether oxygens (including phenoxy) is 1. The summed E-state index contributed by atoms with van der Waals surface area (Å²) in [5, 5.41) is 4.09. The van der Waals surface area contributed by atoms with Gasteiger partial charge in [-0.2, -0.15) is 0 Å². The third kappa shape index (κ3) is 5.55. The van der Waals surface area contributed by atoms with Gasteiger partial charge in [-0.25, -0.2) is 4.98 Å².